The van der Waals surface area contributed by atoms with Crippen molar-refractivity contribution in [2.75, 3.05) is 0 Å². The molecule has 0 radical (unpaired) electrons. The molecule has 27 heavy (non-hydrogen) atoms. The van der Waals surface area contributed by atoms with Gasteiger partial charge in [0.1, 0.15) is 17.4 Å². The highest BCUT2D eigenvalue weighted by Crippen LogP contribution is 2.26. The van der Waals surface area contributed by atoms with Gasteiger partial charge in [0.05, 0.1) is 0 Å². The average Bonchev–Trinajstić information content (AvgIpc) is 2.68. The van der Waals surface area contributed by atoms with E-state index in [-0.39, 0.29) is 35.6 Å². The smallest absolute Gasteiger partial charge is 0.163 e. The molecular formula is C23H26F2O2. The number of Topliss-reactive ketones (excluding diaryl/α,β-unsaturated/α-hetero) is 2. The van der Waals surface area contributed by atoms with E-state index in [1.165, 1.54) is 36.4 Å². The molecule has 0 aliphatic rings. The minimum Gasteiger partial charge on any atom is -0.299 e. The molecule has 0 heterocycles. The molecule has 0 bridgehead atoms. The topological polar surface area (TPSA) is 34.1 Å². The highest BCUT2D eigenvalue weighted by atomic mass is 19.1. The molecule has 0 fully saturated rings. The Labute approximate surface area is 159 Å². The second-order valence-corrected chi connectivity index (χ2v) is 6.99. The van der Waals surface area contributed by atoms with E-state index >= 15 is 0 Å². The zero-order chi connectivity index (χ0) is 19.8. The van der Waals surface area contributed by atoms with Gasteiger partial charge in [0.25, 0.3) is 0 Å². The molecule has 0 unspecified atom stereocenters. The summed E-state index contributed by atoms with van der Waals surface area (Å²) in [6, 6.07) is 11.8. The Balaban J connectivity index is 2.07. The van der Waals surface area contributed by atoms with Crippen LogP contribution in [0.4, 0.5) is 8.78 Å². The number of carbonyl (C=O) groups is 2. The zero-order valence-corrected chi connectivity index (χ0v) is 15.9. The Morgan fingerprint density at radius 2 is 1.44 bits per heavy atom. The van der Waals surface area contributed by atoms with E-state index in [9.17, 15) is 18.4 Å². The normalized spacial score (nSPS) is 13.2. The Morgan fingerprint density at radius 1 is 0.889 bits per heavy atom. The second kappa shape index (κ2) is 10.1. The third-order valence-corrected chi connectivity index (χ3v) is 5.03. The van der Waals surface area contributed by atoms with Gasteiger partial charge in [-0.25, -0.2) is 8.78 Å². The monoisotopic (exact) mass is 372 g/mol. The van der Waals surface area contributed by atoms with Crippen LogP contribution >= 0.6 is 0 Å². The molecule has 2 aromatic rings. The van der Waals surface area contributed by atoms with Crippen LogP contribution < -0.4 is 0 Å². The van der Waals surface area contributed by atoms with Gasteiger partial charge in [-0.15, -0.1) is 0 Å². The predicted molar refractivity (Wildman–Crippen MR) is 103 cm³/mol. The van der Waals surface area contributed by atoms with Crippen LogP contribution in [0.5, 0.6) is 0 Å². The summed E-state index contributed by atoms with van der Waals surface area (Å²) in [5, 5.41) is 0. The number of ketones is 2. The van der Waals surface area contributed by atoms with Crippen LogP contribution in [-0.2, 0) is 11.2 Å². The molecule has 0 N–H and O–H groups in total. The molecule has 0 amide bonds. The highest BCUT2D eigenvalue weighted by Gasteiger charge is 2.24. The summed E-state index contributed by atoms with van der Waals surface area (Å²) in [6.07, 6.45) is 2.75. The van der Waals surface area contributed by atoms with Crippen LogP contribution in [0, 0.1) is 23.5 Å². The quantitative estimate of drug-likeness (QED) is 0.495. The van der Waals surface area contributed by atoms with Crippen molar-refractivity contribution in [1.82, 2.24) is 0 Å². The maximum absolute atomic E-state index is 13.1. The lowest BCUT2D eigenvalue weighted by Gasteiger charge is -2.21. The molecular weight excluding hydrogens is 346 g/mol. The van der Waals surface area contributed by atoms with Crippen LogP contribution in [-0.4, -0.2) is 11.6 Å². The van der Waals surface area contributed by atoms with Crippen LogP contribution in [0.25, 0.3) is 0 Å². The Hall–Kier alpha value is -2.36. The highest BCUT2D eigenvalue weighted by molar-refractivity contribution is 5.98. The van der Waals surface area contributed by atoms with Crippen LogP contribution in [0.15, 0.2) is 48.5 Å². The minimum absolute atomic E-state index is 0.0722. The van der Waals surface area contributed by atoms with E-state index < -0.39 is 5.82 Å². The first-order chi connectivity index (χ1) is 12.9. The SMILES string of the molecule is CCC(=O)[C@@H](CC(=O)c1ccc(F)cc1)C[C@H](CC)Cc1ccc(F)cc1. The fourth-order valence-electron chi connectivity index (χ4n) is 3.35. The van der Waals surface area contributed by atoms with Gasteiger partial charge in [-0.1, -0.05) is 32.4 Å². The maximum atomic E-state index is 13.1. The van der Waals surface area contributed by atoms with Crippen molar-refractivity contribution >= 4 is 11.6 Å². The third kappa shape index (κ3) is 6.38. The van der Waals surface area contributed by atoms with Gasteiger partial charge in [0.2, 0.25) is 0 Å². The van der Waals surface area contributed by atoms with Crippen molar-refractivity contribution < 1.29 is 18.4 Å². The third-order valence-electron chi connectivity index (χ3n) is 5.03. The minimum atomic E-state index is -0.391. The summed E-state index contributed by atoms with van der Waals surface area (Å²) in [7, 11) is 0. The van der Waals surface area contributed by atoms with E-state index in [2.05, 4.69) is 6.92 Å². The molecule has 0 aliphatic heterocycles. The molecule has 4 heteroatoms. The summed E-state index contributed by atoms with van der Waals surface area (Å²) in [5.74, 6) is -0.842. The molecule has 0 spiro atoms. The lowest BCUT2D eigenvalue weighted by molar-refractivity contribution is -0.123. The number of rotatable bonds is 10. The number of halogens is 2. The van der Waals surface area contributed by atoms with Gasteiger partial charge in [0.15, 0.2) is 5.78 Å². The summed E-state index contributed by atoms with van der Waals surface area (Å²) in [4.78, 5) is 25.0. The standard InChI is InChI=1S/C23H26F2O2/c1-3-16(13-17-5-9-20(24)10-6-17)14-19(22(26)4-2)15-23(27)18-7-11-21(25)12-8-18/h5-12,16,19H,3-4,13-15H2,1-2H3/t16-,19-/m1/s1. The second-order valence-electron chi connectivity index (χ2n) is 6.99. The lowest BCUT2D eigenvalue weighted by atomic mass is 9.82. The van der Waals surface area contributed by atoms with Crippen molar-refractivity contribution in [1.29, 1.82) is 0 Å². The first kappa shape index (κ1) is 20.9. The van der Waals surface area contributed by atoms with Gasteiger partial charge in [-0.05, 0) is 60.7 Å². The van der Waals surface area contributed by atoms with Crippen LogP contribution in [0.2, 0.25) is 0 Å². The molecule has 2 aromatic carbocycles. The van der Waals surface area contributed by atoms with Gasteiger partial charge in [-0.3, -0.25) is 9.59 Å². The molecule has 0 saturated heterocycles. The van der Waals surface area contributed by atoms with Crippen molar-refractivity contribution in [3.63, 3.8) is 0 Å². The van der Waals surface area contributed by atoms with Crippen LogP contribution in [0.1, 0.15) is 55.5 Å². The Bertz CT molecular complexity index is 751. The molecule has 144 valence electrons. The van der Waals surface area contributed by atoms with Crippen LogP contribution in [0.3, 0.4) is 0 Å². The molecule has 0 aliphatic carbocycles. The van der Waals surface area contributed by atoms with Crippen molar-refractivity contribution in [3.05, 3.63) is 71.3 Å². The maximum Gasteiger partial charge on any atom is 0.163 e. The zero-order valence-electron chi connectivity index (χ0n) is 15.9. The molecule has 2 rings (SSSR count). The van der Waals surface area contributed by atoms with E-state index in [0.717, 1.165) is 18.4 Å². The molecule has 2 nitrogen and oxygen atoms in total. The van der Waals surface area contributed by atoms with E-state index in [0.29, 0.717) is 18.4 Å². The van der Waals surface area contributed by atoms with Gasteiger partial charge < -0.3 is 0 Å². The average molecular weight is 372 g/mol. The fourth-order valence-corrected chi connectivity index (χ4v) is 3.35. The summed E-state index contributed by atoms with van der Waals surface area (Å²) < 4.78 is 26.1. The first-order valence-electron chi connectivity index (χ1n) is 9.48. The fraction of sp³-hybridized carbons (Fsp3) is 0.391. The number of hydrogen-bond donors (Lipinski definition) is 0. The Kier molecular flexibility index (Phi) is 7.83. The number of benzene rings is 2. The molecule has 0 aromatic heterocycles. The van der Waals surface area contributed by atoms with Crippen molar-refractivity contribution in [2.24, 2.45) is 11.8 Å². The van der Waals surface area contributed by atoms with Gasteiger partial charge >= 0.3 is 0 Å². The molecule has 0 saturated carbocycles. The lowest BCUT2D eigenvalue weighted by Crippen LogP contribution is -2.22. The van der Waals surface area contributed by atoms with E-state index in [1.807, 2.05) is 0 Å². The largest absolute Gasteiger partial charge is 0.299 e. The summed E-state index contributed by atoms with van der Waals surface area (Å²) >= 11 is 0. The summed E-state index contributed by atoms with van der Waals surface area (Å²) in [5.41, 5.74) is 1.45. The Morgan fingerprint density at radius 3 is 1.96 bits per heavy atom. The number of carbonyl (C=O) groups excluding carboxylic acids is 2. The van der Waals surface area contributed by atoms with Gasteiger partial charge in [0, 0.05) is 24.3 Å². The van der Waals surface area contributed by atoms with Crippen molar-refractivity contribution in [3.8, 4) is 0 Å². The van der Waals surface area contributed by atoms with E-state index in [4.69, 9.17) is 0 Å². The molecule has 2 atom stereocenters. The first-order valence-corrected chi connectivity index (χ1v) is 9.48. The number of hydrogen-bond acceptors (Lipinski definition) is 2. The summed E-state index contributed by atoms with van der Waals surface area (Å²) in [6.45, 7) is 3.86. The van der Waals surface area contributed by atoms with E-state index in [1.54, 1.807) is 19.1 Å². The van der Waals surface area contributed by atoms with Crippen molar-refractivity contribution in [2.45, 2.75) is 46.0 Å². The predicted octanol–water partition coefficient (Wildman–Crippen LogP) is 5.79. The van der Waals surface area contributed by atoms with Gasteiger partial charge in [-0.2, -0.15) is 0 Å².